The van der Waals surface area contributed by atoms with E-state index in [1.54, 1.807) is 41.8 Å². The quantitative estimate of drug-likeness (QED) is 0.329. The first kappa shape index (κ1) is 21.1. The van der Waals surface area contributed by atoms with E-state index >= 15 is 0 Å². The lowest BCUT2D eigenvalue weighted by Crippen LogP contribution is -2.43. The summed E-state index contributed by atoms with van der Waals surface area (Å²) in [5, 5.41) is 2.45. The summed E-state index contributed by atoms with van der Waals surface area (Å²) in [6.07, 6.45) is 0. The van der Waals surface area contributed by atoms with Gasteiger partial charge in [0.05, 0.1) is 10.4 Å². The van der Waals surface area contributed by atoms with Crippen molar-refractivity contribution in [3.63, 3.8) is 0 Å². The van der Waals surface area contributed by atoms with Gasteiger partial charge in [-0.1, -0.05) is 42.5 Å². The lowest BCUT2D eigenvalue weighted by molar-refractivity contribution is -0.125. The normalized spacial score (nSPS) is 10.5. The zero-order chi connectivity index (χ0) is 22.3. The number of esters is 1. The van der Waals surface area contributed by atoms with Gasteiger partial charge in [0, 0.05) is 5.39 Å². The van der Waals surface area contributed by atoms with Crippen LogP contribution in [0.15, 0.2) is 76.5 Å². The minimum Gasteiger partial charge on any atom is -0.489 e. The smallest absolute Gasteiger partial charge is 0.375 e. The monoisotopic (exact) mass is 450 g/mol. The summed E-state index contributed by atoms with van der Waals surface area (Å²) in [6.45, 7) is -0.520. The van der Waals surface area contributed by atoms with Gasteiger partial charge in [0.25, 0.3) is 11.8 Å². The van der Waals surface area contributed by atoms with Crippen molar-refractivity contribution in [2.24, 2.45) is 0 Å². The summed E-state index contributed by atoms with van der Waals surface area (Å²) < 4.78 is 16.5. The van der Waals surface area contributed by atoms with Crippen LogP contribution in [0.1, 0.15) is 25.8 Å². The molecule has 0 fully saturated rings. The number of hydrogen-bond acceptors (Lipinski definition) is 7. The fourth-order valence-corrected chi connectivity index (χ4v) is 3.53. The number of hydrazine groups is 1. The highest BCUT2D eigenvalue weighted by Crippen LogP contribution is 2.28. The van der Waals surface area contributed by atoms with E-state index in [1.165, 1.54) is 11.3 Å². The number of rotatable bonds is 7. The Morgan fingerprint density at radius 2 is 1.69 bits per heavy atom. The molecule has 2 N–H and O–H groups in total. The summed E-state index contributed by atoms with van der Waals surface area (Å²) in [6, 6.07) is 19.6. The molecular formula is C23H18N2O6S. The summed E-state index contributed by atoms with van der Waals surface area (Å²) >= 11 is 1.23. The van der Waals surface area contributed by atoms with Gasteiger partial charge in [-0.05, 0) is 29.6 Å². The van der Waals surface area contributed by atoms with Gasteiger partial charge in [-0.2, -0.15) is 0 Å². The third kappa shape index (κ3) is 4.96. The molecule has 162 valence electrons. The van der Waals surface area contributed by atoms with Crippen LogP contribution in [0.4, 0.5) is 0 Å². The molecule has 32 heavy (non-hydrogen) atoms. The maximum atomic E-state index is 12.6. The lowest BCUT2D eigenvalue weighted by Gasteiger charge is -2.08. The van der Waals surface area contributed by atoms with Gasteiger partial charge in [0.2, 0.25) is 5.76 Å². The molecule has 0 atom stereocenters. The second-order valence-corrected chi connectivity index (χ2v) is 7.51. The molecular weight excluding hydrogens is 432 g/mol. The Morgan fingerprint density at radius 3 is 2.47 bits per heavy atom. The van der Waals surface area contributed by atoms with Gasteiger partial charge >= 0.3 is 5.97 Å². The standard InChI is InChI=1S/C23H18N2O6S/c26-20(24-25-22(27)19-11-6-12-32-19)14-30-23(28)21-17(13-29-15-7-2-1-3-8-15)16-9-4-5-10-18(16)31-21/h1-12H,13-14H2,(H,24,26)(H,25,27). The maximum Gasteiger partial charge on any atom is 0.375 e. The molecule has 9 heteroatoms. The predicted octanol–water partition coefficient (Wildman–Crippen LogP) is 3.69. The molecule has 4 rings (SSSR count). The summed E-state index contributed by atoms with van der Waals surface area (Å²) in [5.41, 5.74) is 5.47. The Bertz CT molecular complexity index is 1230. The van der Waals surface area contributed by atoms with Crippen molar-refractivity contribution in [1.29, 1.82) is 0 Å². The fourth-order valence-electron chi connectivity index (χ4n) is 2.91. The number of nitrogens with one attached hydrogen (secondary N) is 2. The minimum absolute atomic E-state index is 0.0439. The average molecular weight is 450 g/mol. The van der Waals surface area contributed by atoms with Crippen LogP contribution < -0.4 is 15.6 Å². The highest BCUT2D eigenvalue weighted by Gasteiger charge is 2.23. The summed E-state index contributed by atoms with van der Waals surface area (Å²) in [7, 11) is 0. The van der Waals surface area contributed by atoms with E-state index in [0.717, 1.165) is 0 Å². The molecule has 8 nitrogen and oxygen atoms in total. The summed E-state index contributed by atoms with van der Waals surface area (Å²) in [4.78, 5) is 36.9. The molecule has 0 aliphatic heterocycles. The molecule has 0 spiro atoms. The molecule has 0 bridgehead atoms. The highest BCUT2D eigenvalue weighted by molar-refractivity contribution is 7.12. The first-order valence-corrected chi connectivity index (χ1v) is 10.5. The highest BCUT2D eigenvalue weighted by atomic mass is 32.1. The second-order valence-electron chi connectivity index (χ2n) is 6.56. The van der Waals surface area contributed by atoms with E-state index < -0.39 is 24.4 Å². The maximum absolute atomic E-state index is 12.6. The van der Waals surface area contributed by atoms with Crippen LogP contribution >= 0.6 is 11.3 Å². The van der Waals surface area contributed by atoms with Crippen LogP contribution in [-0.4, -0.2) is 24.4 Å². The molecule has 0 unspecified atom stereocenters. The van der Waals surface area contributed by atoms with Crippen molar-refractivity contribution in [3.05, 3.63) is 88.3 Å². The van der Waals surface area contributed by atoms with Crippen LogP contribution in [0.5, 0.6) is 5.75 Å². The van der Waals surface area contributed by atoms with E-state index in [1.807, 2.05) is 30.3 Å². The van der Waals surface area contributed by atoms with Gasteiger partial charge in [-0.3, -0.25) is 20.4 Å². The van der Waals surface area contributed by atoms with E-state index in [4.69, 9.17) is 13.9 Å². The van der Waals surface area contributed by atoms with Crippen molar-refractivity contribution in [1.82, 2.24) is 10.9 Å². The predicted molar refractivity (Wildman–Crippen MR) is 117 cm³/mol. The Kier molecular flexibility index (Phi) is 6.47. The van der Waals surface area contributed by atoms with Gasteiger partial charge in [-0.15, -0.1) is 11.3 Å². The molecule has 0 radical (unpaired) electrons. The molecule has 2 amide bonds. The number of amides is 2. The Balaban J connectivity index is 1.40. The SMILES string of the molecule is O=C(COC(=O)c1oc2ccccc2c1COc1ccccc1)NNC(=O)c1cccs1. The van der Waals surface area contributed by atoms with Gasteiger partial charge in [0.1, 0.15) is 17.9 Å². The fraction of sp³-hybridized carbons (Fsp3) is 0.0870. The number of furan rings is 1. The minimum atomic E-state index is -0.812. The second kappa shape index (κ2) is 9.80. The van der Waals surface area contributed by atoms with Gasteiger partial charge in [-0.25, -0.2) is 4.79 Å². The van der Waals surface area contributed by atoms with Crippen LogP contribution in [0.3, 0.4) is 0 Å². The number of hydrogen-bond donors (Lipinski definition) is 2. The zero-order valence-electron chi connectivity index (χ0n) is 16.7. The van der Waals surface area contributed by atoms with Crippen molar-refractivity contribution >= 4 is 40.1 Å². The number of benzene rings is 2. The first-order chi connectivity index (χ1) is 15.6. The van der Waals surface area contributed by atoms with Gasteiger partial charge < -0.3 is 13.9 Å². The summed E-state index contributed by atoms with van der Waals surface area (Å²) in [5.74, 6) is -1.37. The molecule has 2 aromatic carbocycles. The Morgan fingerprint density at radius 1 is 0.906 bits per heavy atom. The Labute approximate surface area is 186 Å². The lowest BCUT2D eigenvalue weighted by atomic mass is 10.1. The van der Waals surface area contributed by atoms with Crippen molar-refractivity contribution in [2.45, 2.75) is 6.61 Å². The number of carbonyl (C=O) groups is 3. The van der Waals surface area contributed by atoms with Gasteiger partial charge in [0.15, 0.2) is 6.61 Å². The topological polar surface area (TPSA) is 107 Å². The molecule has 0 saturated carbocycles. The number of fused-ring (bicyclic) bond motifs is 1. The number of para-hydroxylation sites is 2. The number of carbonyl (C=O) groups excluding carboxylic acids is 3. The largest absolute Gasteiger partial charge is 0.489 e. The average Bonchev–Trinajstić information content (AvgIpc) is 3.49. The van der Waals surface area contributed by atoms with E-state index in [9.17, 15) is 14.4 Å². The zero-order valence-corrected chi connectivity index (χ0v) is 17.5. The number of ether oxygens (including phenoxy) is 2. The molecule has 2 heterocycles. The molecule has 2 aromatic heterocycles. The van der Waals surface area contributed by atoms with Crippen molar-refractivity contribution in [3.8, 4) is 5.75 Å². The van der Waals surface area contributed by atoms with Crippen LogP contribution in [-0.2, 0) is 16.1 Å². The van der Waals surface area contributed by atoms with E-state index in [2.05, 4.69) is 10.9 Å². The van der Waals surface area contributed by atoms with Crippen LogP contribution in [0.2, 0.25) is 0 Å². The Hall–Kier alpha value is -4.11. The van der Waals surface area contributed by atoms with E-state index in [0.29, 0.717) is 27.2 Å². The first-order valence-electron chi connectivity index (χ1n) is 9.60. The molecule has 4 aromatic rings. The van der Waals surface area contributed by atoms with Crippen molar-refractivity contribution in [2.75, 3.05) is 6.61 Å². The van der Waals surface area contributed by atoms with Crippen molar-refractivity contribution < 1.29 is 28.3 Å². The molecule has 0 aliphatic rings. The molecule has 0 saturated heterocycles. The van der Waals surface area contributed by atoms with Crippen LogP contribution in [0.25, 0.3) is 11.0 Å². The van der Waals surface area contributed by atoms with Crippen LogP contribution in [0, 0.1) is 0 Å². The number of thiophene rings is 1. The van der Waals surface area contributed by atoms with E-state index in [-0.39, 0.29) is 12.4 Å². The third-order valence-corrected chi connectivity index (χ3v) is 5.27. The third-order valence-electron chi connectivity index (χ3n) is 4.40. The molecule has 0 aliphatic carbocycles.